The summed E-state index contributed by atoms with van der Waals surface area (Å²) in [5.74, 6) is -2.46. The van der Waals surface area contributed by atoms with E-state index >= 15 is 0 Å². The maximum Gasteiger partial charge on any atom is 0.225 e. The molecule has 0 spiro atoms. The summed E-state index contributed by atoms with van der Waals surface area (Å²) in [7, 11) is -3.57. The van der Waals surface area contributed by atoms with Crippen LogP contribution in [-0.4, -0.2) is 20.1 Å². The minimum absolute atomic E-state index is 0.0000263. The third kappa shape index (κ3) is 5.45. The smallest absolute Gasteiger partial charge is 0.225 e. The van der Waals surface area contributed by atoms with Crippen molar-refractivity contribution in [2.45, 2.75) is 12.2 Å². The van der Waals surface area contributed by atoms with Gasteiger partial charge in [0.25, 0.3) is 0 Å². The molecule has 4 nitrogen and oxygen atoms in total. The molecule has 2 aromatic rings. The first-order chi connectivity index (χ1) is 10.9. The monoisotopic (exact) mass is 339 g/mol. The summed E-state index contributed by atoms with van der Waals surface area (Å²) in [6, 6.07) is 10.9. The Bertz CT molecular complexity index is 806. The van der Waals surface area contributed by atoms with Crippen LogP contribution in [0.4, 0.5) is 14.5 Å². The highest BCUT2D eigenvalue weighted by Crippen LogP contribution is 2.13. The van der Waals surface area contributed by atoms with Gasteiger partial charge in [-0.15, -0.1) is 0 Å². The van der Waals surface area contributed by atoms with Gasteiger partial charge < -0.3 is 5.32 Å². The fourth-order valence-electron chi connectivity index (χ4n) is 1.98. The highest BCUT2D eigenvalue weighted by Gasteiger charge is 2.15. The zero-order valence-corrected chi connectivity index (χ0v) is 12.9. The minimum Gasteiger partial charge on any atom is -0.324 e. The summed E-state index contributed by atoms with van der Waals surface area (Å²) in [6.45, 7) is 0. The first-order valence-corrected chi connectivity index (χ1v) is 8.67. The van der Waals surface area contributed by atoms with Gasteiger partial charge in [0.2, 0.25) is 5.91 Å². The van der Waals surface area contributed by atoms with Crippen molar-refractivity contribution >= 4 is 21.4 Å². The quantitative estimate of drug-likeness (QED) is 0.880. The molecule has 2 aromatic carbocycles. The normalized spacial score (nSPS) is 11.2. The van der Waals surface area contributed by atoms with E-state index in [9.17, 15) is 22.0 Å². The summed E-state index contributed by atoms with van der Waals surface area (Å²) in [4.78, 5) is 11.7. The zero-order valence-electron chi connectivity index (χ0n) is 12.1. The Morgan fingerprint density at radius 1 is 1.04 bits per heavy atom. The molecule has 0 heterocycles. The maximum atomic E-state index is 13.4. The van der Waals surface area contributed by atoms with Crippen LogP contribution in [0.5, 0.6) is 0 Å². The van der Waals surface area contributed by atoms with Crippen molar-refractivity contribution in [2.24, 2.45) is 0 Å². The lowest BCUT2D eigenvalue weighted by Gasteiger charge is -2.07. The second-order valence-corrected chi connectivity index (χ2v) is 7.18. The molecule has 2 rings (SSSR count). The fraction of sp³-hybridized carbons (Fsp3) is 0.188. The van der Waals surface area contributed by atoms with Crippen molar-refractivity contribution in [2.75, 3.05) is 11.1 Å². The molecular formula is C16H15F2NO3S. The van der Waals surface area contributed by atoms with Gasteiger partial charge in [0.15, 0.2) is 9.84 Å². The number of amides is 1. The molecule has 0 atom stereocenters. The number of hydrogen-bond acceptors (Lipinski definition) is 3. The highest BCUT2D eigenvalue weighted by molar-refractivity contribution is 7.90. The van der Waals surface area contributed by atoms with Gasteiger partial charge >= 0.3 is 0 Å². The van der Waals surface area contributed by atoms with Crippen LogP contribution in [0.2, 0.25) is 0 Å². The summed E-state index contributed by atoms with van der Waals surface area (Å²) < 4.78 is 50.3. The van der Waals surface area contributed by atoms with Crippen molar-refractivity contribution < 1.29 is 22.0 Å². The van der Waals surface area contributed by atoms with Gasteiger partial charge in [-0.05, 0) is 29.8 Å². The number of nitrogens with one attached hydrogen (secondary N) is 1. The van der Waals surface area contributed by atoms with E-state index in [-0.39, 0.29) is 17.9 Å². The summed E-state index contributed by atoms with van der Waals surface area (Å²) in [5.41, 5.74) is 0.319. The number of carbonyl (C=O) groups excluding carboxylic acids is 1. The van der Waals surface area contributed by atoms with Crippen LogP contribution in [0.15, 0.2) is 48.5 Å². The van der Waals surface area contributed by atoms with Gasteiger partial charge in [-0.2, -0.15) is 0 Å². The summed E-state index contributed by atoms with van der Waals surface area (Å²) in [6.07, 6.45) is -0.300. The van der Waals surface area contributed by atoms with Crippen LogP contribution in [0.25, 0.3) is 0 Å². The van der Waals surface area contributed by atoms with Gasteiger partial charge in [0.1, 0.15) is 11.6 Å². The Kier molecular flexibility index (Phi) is 5.44. The Hall–Kier alpha value is -2.28. The molecule has 0 aromatic heterocycles. The van der Waals surface area contributed by atoms with Crippen molar-refractivity contribution in [3.63, 3.8) is 0 Å². The Morgan fingerprint density at radius 3 is 2.48 bits per heavy atom. The van der Waals surface area contributed by atoms with E-state index in [2.05, 4.69) is 5.32 Å². The van der Waals surface area contributed by atoms with Crippen LogP contribution in [0, 0.1) is 11.6 Å². The van der Waals surface area contributed by atoms with E-state index in [0.29, 0.717) is 5.56 Å². The maximum absolute atomic E-state index is 13.4. The molecule has 122 valence electrons. The van der Waals surface area contributed by atoms with Crippen molar-refractivity contribution in [1.82, 2.24) is 0 Å². The van der Waals surface area contributed by atoms with E-state index < -0.39 is 33.1 Å². The second-order valence-electron chi connectivity index (χ2n) is 5.00. The number of rotatable bonds is 6. The van der Waals surface area contributed by atoms with E-state index in [4.69, 9.17) is 0 Å². The van der Waals surface area contributed by atoms with Gasteiger partial charge in [0.05, 0.1) is 17.2 Å². The molecule has 0 aliphatic carbocycles. The number of sulfone groups is 1. The Labute approximate surface area is 133 Å². The van der Waals surface area contributed by atoms with Gasteiger partial charge in [0, 0.05) is 6.42 Å². The molecule has 0 unspecified atom stereocenters. The third-order valence-electron chi connectivity index (χ3n) is 3.06. The topological polar surface area (TPSA) is 63.2 Å². The molecule has 1 N–H and O–H groups in total. The largest absolute Gasteiger partial charge is 0.324 e. The molecule has 7 heteroatoms. The Balaban J connectivity index is 1.91. The van der Waals surface area contributed by atoms with Crippen molar-refractivity contribution in [3.05, 3.63) is 65.7 Å². The lowest BCUT2D eigenvalue weighted by atomic mass is 10.2. The number of halogens is 2. The predicted molar refractivity (Wildman–Crippen MR) is 83.5 cm³/mol. The predicted octanol–water partition coefficient (Wildman–Crippen LogP) is 2.91. The van der Waals surface area contributed by atoms with E-state index in [1.807, 2.05) is 0 Å². The standard InChI is InChI=1S/C16H15F2NO3S/c17-13-5-3-4-12(10-13)11-23(21,22)9-8-16(20)19-15-7-2-1-6-14(15)18/h1-7,10H,8-9,11H2,(H,19,20). The Morgan fingerprint density at radius 2 is 1.78 bits per heavy atom. The van der Waals surface area contributed by atoms with Crippen LogP contribution >= 0.6 is 0 Å². The first-order valence-electron chi connectivity index (χ1n) is 6.85. The minimum atomic E-state index is -3.57. The molecule has 0 radical (unpaired) electrons. The second kappa shape index (κ2) is 7.32. The summed E-state index contributed by atoms with van der Waals surface area (Å²) >= 11 is 0. The van der Waals surface area contributed by atoms with Crippen LogP contribution in [0.1, 0.15) is 12.0 Å². The SMILES string of the molecule is O=C(CCS(=O)(=O)Cc1cccc(F)c1)Nc1ccccc1F. The summed E-state index contributed by atoms with van der Waals surface area (Å²) in [5, 5.41) is 2.32. The zero-order chi connectivity index (χ0) is 16.9. The number of para-hydroxylation sites is 1. The highest BCUT2D eigenvalue weighted by atomic mass is 32.2. The van der Waals surface area contributed by atoms with E-state index in [1.165, 1.54) is 36.4 Å². The first kappa shape index (κ1) is 17.1. The lowest BCUT2D eigenvalue weighted by Crippen LogP contribution is -2.18. The van der Waals surface area contributed by atoms with E-state index in [1.54, 1.807) is 6.07 Å². The average Bonchev–Trinajstić information content (AvgIpc) is 2.47. The lowest BCUT2D eigenvalue weighted by molar-refractivity contribution is -0.115. The molecule has 0 aliphatic heterocycles. The number of hydrogen-bond donors (Lipinski definition) is 1. The van der Waals surface area contributed by atoms with Gasteiger partial charge in [-0.1, -0.05) is 24.3 Å². The van der Waals surface area contributed by atoms with Gasteiger partial charge in [-0.25, -0.2) is 17.2 Å². The molecule has 0 aliphatic rings. The number of carbonyl (C=O) groups is 1. The van der Waals surface area contributed by atoms with Crippen molar-refractivity contribution in [3.8, 4) is 0 Å². The fourth-order valence-corrected chi connectivity index (χ4v) is 3.30. The molecular weight excluding hydrogens is 324 g/mol. The van der Waals surface area contributed by atoms with Gasteiger partial charge in [-0.3, -0.25) is 4.79 Å². The molecule has 0 bridgehead atoms. The van der Waals surface area contributed by atoms with Crippen LogP contribution < -0.4 is 5.32 Å². The molecule has 0 fully saturated rings. The molecule has 23 heavy (non-hydrogen) atoms. The molecule has 0 saturated heterocycles. The average molecular weight is 339 g/mol. The molecule has 0 saturated carbocycles. The third-order valence-corrected chi connectivity index (χ3v) is 4.66. The number of benzene rings is 2. The van der Waals surface area contributed by atoms with E-state index in [0.717, 1.165) is 6.07 Å². The van der Waals surface area contributed by atoms with Crippen LogP contribution in [0.3, 0.4) is 0 Å². The van der Waals surface area contributed by atoms with Crippen molar-refractivity contribution in [1.29, 1.82) is 0 Å². The molecule has 1 amide bonds. The number of anilines is 1. The van der Waals surface area contributed by atoms with Crippen LogP contribution in [-0.2, 0) is 20.4 Å².